The third kappa shape index (κ3) is 4.91. The molecule has 1 heterocycles. The minimum Gasteiger partial charge on any atom is -0.859 e. The van der Waals surface area contributed by atoms with E-state index in [0.717, 1.165) is 24.1 Å². The van der Waals surface area contributed by atoms with Gasteiger partial charge >= 0.3 is 0 Å². The van der Waals surface area contributed by atoms with Crippen LogP contribution in [-0.2, 0) is 5.60 Å². The SMILES string of the molecule is Br.CC[N+](C)(CC)CCN=C([O-])C(O)(c1ccccc1)c1cccs1. The number of benzene rings is 1. The molecule has 0 spiro atoms. The average Bonchev–Trinajstić information content (AvgIpc) is 3.16. The number of aliphatic hydroxyl groups is 1. The molecule has 1 N–H and O–H groups in total. The van der Waals surface area contributed by atoms with Crippen LogP contribution in [0.4, 0.5) is 0 Å². The molecule has 0 saturated carbocycles. The van der Waals surface area contributed by atoms with Crippen molar-refractivity contribution < 1.29 is 14.7 Å². The van der Waals surface area contributed by atoms with Crippen LogP contribution in [0.1, 0.15) is 24.3 Å². The van der Waals surface area contributed by atoms with Crippen molar-refractivity contribution in [3.63, 3.8) is 0 Å². The minimum absolute atomic E-state index is 0. The van der Waals surface area contributed by atoms with Crippen LogP contribution in [0.5, 0.6) is 0 Å². The maximum absolute atomic E-state index is 12.8. The van der Waals surface area contributed by atoms with E-state index in [-0.39, 0.29) is 17.0 Å². The standard InChI is InChI=1S/C19H26N2O2S.BrH/c1-4-21(3,5-2)14-13-20-18(22)19(23,17-12-9-15-24-17)16-10-7-6-8-11-16;/h6-12,15,23H,4-5,13-14H2,1-3H3;1H. The number of hydrogen-bond donors (Lipinski definition) is 1. The third-order valence-corrected chi connectivity index (χ3v) is 5.78. The van der Waals surface area contributed by atoms with E-state index in [9.17, 15) is 10.2 Å². The molecule has 0 aliphatic heterocycles. The Hall–Kier alpha value is -1.21. The maximum Gasteiger partial charge on any atom is 0.152 e. The van der Waals surface area contributed by atoms with Gasteiger partial charge in [-0.2, -0.15) is 0 Å². The first-order valence-corrected chi connectivity index (χ1v) is 9.21. The van der Waals surface area contributed by atoms with Gasteiger partial charge in [-0.3, -0.25) is 4.99 Å². The first-order chi connectivity index (χ1) is 11.5. The molecule has 0 radical (unpaired) electrons. The minimum atomic E-state index is -1.70. The Kier molecular flexibility index (Phi) is 8.28. The van der Waals surface area contributed by atoms with Crippen molar-refractivity contribution in [1.29, 1.82) is 0 Å². The van der Waals surface area contributed by atoms with Gasteiger partial charge in [-0.15, -0.1) is 28.3 Å². The summed E-state index contributed by atoms with van der Waals surface area (Å²) in [6, 6.07) is 12.7. The molecule has 1 aromatic carbocycles. The van der Waals surface area contributed by atoms with Gasteiger partial charge < -0.3 is 14.7 Å². The quantitative estimate of drug-likeness (QED) is 0.400. The van der Waals surface area contributed by atoms with Crippen LogP contribution in [0.15, 0.2) is 52.8 Å². The van der Waals surface area contributed by atoms with Crippen molar-refractivity contribution in [1.82, 2.24) is 0 Å². The Morgan fingerprint density at radius 2 is 1.80 bits per heavy atom. The zero-order valence-corrected chi connectivity index (χ0v) is 17.5. The van der Waals surface area contributed by atoms with Crippen molar-refractivity contribution in [3.05, 3.63) is 58.3 Å². The van der Waals surface area contributed by atoms with E-state index >= 15 is 0 Å². The lowest BCUT2D eigenvalue weighted by molar-refractivity contribution is -0.904. The highest BCUT2D eigenvalue weighted by Gasteiger charge is 2.33. The molecule has 1 unspecified atom stereocenters. The molecular formula is C19H27BrN2O2S. The Morgan fingerprint density at radius 1 is 1.16 bits per heavy atom. The fraction of sp³-hybridized carbons (Fsp3) is 0.421. The van der Waals surface area contributed by atoms with Gasteiger partial charge in [-0.25, -0.2) is 0 Å². The molecule has 1 aromatic heterocycles. The molecule has 0 saturated heterocycles. The van der Waals surface area contributed by atoms with Crippen molar-refractivity contribution in [2.24, 2.45) is 4.99 Å². The molecule has 4 nitrogen and oxygen atoms in total. The summed E-state index contributed by atoms with van der Waals surface area (Å²) in [4.78, 5) is 4.81. The number of thiophene rings is 1. The van der Waals surface area contributed by atoms with Crippen molar-refractivity contribution in [2.75, 3.05) is 33.2 Å². The fourth-order valence-electron chi connectivity index (χ4n) is 2.58. The molecule has 0 bridgehead atoms. The molecule has 25 heavy (non-hydrogen) atoms. The van der Waals surface area contributed by atoms with Gasteiger partial charge in [0, 0.05) is 10.8 Å². The number of hydrogen-bond acceptors (Lipinski definition) is 4. The molecule has 0 fully saturated rings. The number of likely N-dealkylation sites (N-methyl/N-ethyl adjacent to an activating group) is 1. The number of aliphatic imine (C=N–C) groups is 1. The highest BCUT2D eigenvalue weighted by molar-refractivity contribution is 8.93. The number of rotatable bonds is 8. The highest BCUT2D eigenvalue weighted by Crippen LogP contribution is 2.33. The lowest BCUT2D eigenvalue weighted by atomic mass is 9.92. The molecule has 138 valence electrons. The van der Waals surface area contributed by atoms with E-state index in [1.54, 1.807) is 18.2 Å². The van der Waals surface area contributed by atoms with E-state index in [0.29, 0.717) is 17.0 Å². The van der Waals surface area contributed by atoms with Crippen LogP contribution < -0.4 is 5.11 Å². The predicted octanol–water partition coefficient (Wildman–Crippen LogP) is 2.81. The predicted molar refractivity (Wildman–Crippen MR) is 109 cm³/mol. The summed E-state index contributed by atoms with van der Waals surface area (Å²) in [5, 5.41) is 25.9. The van der Waals surface area contributed by atoms with E-state index in [1.807, 2.05) is 29.6 Å². The molecule has 0 aliphatic carbocycles. The van der Waals surface area contributed by atoms with E-state index in [2.05, 4.69) is 25.9 Å². The summed E-state index contributed by atoms with van der Waals surface area (Å²) in [6.45, 7) is 7.46. The van der Waals surface area contributed by atoms with E-state index in [4.69, 9.17) is 0 Å². The largest absolute Gasteiger partial charge is 0.859 e. The second-order valence-corrected chi connectivity index (χ2v) is 7.16. The van der Waals surface area contributed by atoms with E-state index < -0.39 is 11.5 Å². The molecular weight excluding hydrogens is 400 g/mol. The normalized spacial score (nSPS) is 14.6. The molecule has 6 heteroatoms. The van der Waals surface area contributed by atoms with Gasteiger partial charge in [0.15, 0.2) is 5.60 Å². The lowest BCUT2D eigenvalue weighted by Gasteiger charge is -2.34. The van der Waals surface area contributed by atoms with Gasteiger partial charge in [0.1, 0.15) is 0 Å². The summed E-state index contributed by atoms with van der Waals surface area (Å²) in [5.74, 6) is -0.491. The number of quaternary nitrogens is 1. The summed E-state index contributed by atoms with van der Waals surface area (Å²) in [5.41, 5.74) is -1.14. The number of halogens is 1. The summed E-state index contributed by atoms with van der Waals surface area (Å²) in [6.07, 6.45) is 0. The van der Waals surface area contributed by atoms with Crippen molar-refractivity contribution >= 4 is 34.2 Å². The molecule has 1 atom stereocenters. The Morgan fingerprint density at radius 3 is 2.32 bits per heavy atom. The van der Waals surface area contributed by atoms with E-state index in [1.165, 1.54) is 11.3 Å². The molecule has 2 rings (SSSR count). The molecule has 0 amide bonds. The first-order valence-electron chi connectivity index (χ1n) is 8.33. The average molecular weight is 427 g/mol. The van der Waals surface area contributed by atoms with Gasteiger partial charge in [0.25, 0.3) is 0 Å². The van der Waals surface area contributed by atoms with Crippen LogP contribution >= 0.6 is 28.3 Å². The summed E-state index contributed by atoms with van der Waals surface area (Å²) in [7, 11) is 2.16. The maximum atomic E-state index is 12.8. The lowest BCUT2D eigenvalue weighted by Crippen LogP contribution is -2.47. The van der Waals surface area contributed by atoms with Crippen LogP contribution in [0.2, 0.25) is 0 Å². The Bertz CT molecular complexity index is 657. The highest BCUT2D eigenvalue weighted by atomic mass is 79.9. The Balaban J connectivity index is 0.00000312. The topological polar surface area (TPSA) is 55.7 Å². The second-order valence-electron chi connectivity index (χ2n) is 6.22. The molecule has 0 aliphatic rings. The van der Waals surface area contributed by atoms with Crippen LogP contribution in [0.3, 0.4) is 0 Å². The first kappa shape index (κ1) is 21.8. The summed E-state index contributed by atoms with van der Waals surface area (Å²) < 4.78 is 0.861. The number of nitrogens with zero attached hydrogens (tertiary/aromatic N) is 2. The Labute approximate surface area is 164 Å². The molecule has 2 aromatic rings. The van der Waals surface area contributed by atoms with Gasteiger partial charge in [-0.1, -0.05) is 36.4 Å². The van der Waals surface area contributed by atoms with Gasteiger partial charge in [0.2, 0.25) is 0 Å². The monoisotopic (exact) mass is 426 g/mol. The third-order valence-electron chi connectivity index (χ3n) is 4.80. The van der Waals surface area contributed by atoms with Crippen LogP contribution in [0, 0.1) is 0 Å². The smallest absolute Gasteiger partial charge is 0.152 e. The second kappa shape index (κ2) is 9.48. The van der Waals surface area contributed by atoms with Crippen LogP contribution in [0.25, 0.3) is 0 Å². The van der Waals surface area contributed by atoms with Crippen LogP contribution in [-0.4, -0.2) is 48.7 Å². The van der Waals surface area contributed by atoms with Crippen molar-refractivity contribution in [3.8, 4) is 0 Å². The summed E-state index contributed by atoms with van der Waals surface area (Å²) >= 11 is 1.37. The zero-order valence-electron chi connectivity index (χ0n) is 15.0. The van der Waals surface area contributed by atoms with Gasteiger partial charge in [0.05, 0.1) is 33.2 Å². The fourth-order valence-corrected chi connectivity index (χ4v) is 3.42. The van der Waals surface area contributed by atoms with Gasteiger partial charge in [-0.05, 0) is 30.9 Å². The zero-order chi connectivity index (χ0) is 17.6. The van der Waals surface area contributed by atoms with Crippen molar-refractivity contribution in [2.45, 2.75) is 19.4 Å².